The van der Waals surface area contributed by atoms with Gasteiger partial charge >= 0.3 is 0 Å². The molecule has 1 aromatic rings. The van der Waals surface area contributed by atoms with Crippen LogP contribution in [0.5, 0.6) is 0 Å². The SMILES string of the molecule is CCCN(CC1CC1)c1ncc(Br)cc1CNC. The summed E-state index contributed by atoms with van der Waals surface area (Å²) in [6.07, 6.45) is 5.85. The third-order valence-corrected chi connectivity index (χ3v) is 3.68. The van der Waals surface area contributed by atoms with Crippen molar-refractivity contribution < 1.29 is 0 Å². The van der Waals surface area contributed by atoms with Crippen LogP contribution in [0.15, 0.2) is 16.7 Å². The van der Waals surface area contributed by atoms with E-state index in [2.05, 4.69) is 44.1 Å². The molecule has 4 heteroatoms. The molecule has 0 aliphatic heterocycles. The van der Waals surface area contributed by atoms with Gasteiger partial charge in [-0.2, -0.15) is 0 Å². The topological polar surface area (TPSA) is 28.2 Å². The molecule has 0 bridgehead atoms. The second-order valence-corrected chi connectivity index (χ2v) is 5.97. The standard InChI is InChI=1S/C14H22BrN3/c1-3-6-18(10-11-4-5-11)14-12(8-16-2)7-13(15)9-17-14/h7,9,11,16H,3-6,8,10H2,1-2H3. The van der Waals surface area contributed by atoms with Gasteiger partial charge in [-0.3, -0.25) is 0 Å². The van der Waals surface area contributed by atoms with Gasteiger partial charge in [-0.1, -0.05) is 6.92 Å². The van der Waals surface area contributed by atoms with Gasteiger partial charge in [0.05, 0.1) is 0 Å². The van der Waals surface area contributed by atoms with E-state index in [-0.39, 0.29) is 0 Å². The van der Waals surface area contributed by atoms with Gasteiger partial charge in [-0.05, 0) is 54.2 Å². The Bertz CT molecular complexity index is 391. The lowest BCUT2D eigenvalue weighted by Crippen LogP contribution is -2.29. The number of pyridine rings is 1. The van der Waals surface area contributed by atoms with E-state index in [0.29, 0.717) is 0 Å². The molecule has 0 atom stereocenters. The van der Waals surface area contributed by atoms with E-state index < -0.39 is 0 Å². The lowest BCUT2D eigenvalue weighted by molar-refractivity contribution is 0.689. The number of anilines is 1. The minimum atomic E-state index is 0.868. The normalized spacial score (nSPS) is 14.8. The number of aromatic nitrogens is 1. The van der Waals surface area contributed by atoms with Crippen molar-refractivity contribution in [3.8, 4) is 0 Å². The van der Waals surface area contributed by atoms with E-state index in [0.717, 1.165) is 29.3 Å². The van der Waals surface area contributed by atoms with Crippen molar-refractivity contribution in [2.24, 2.45) is 5.92 Å². The number of hydrogen-bond acceptors (Lipinski definition) is 3. The van der Waals surface area contributed by atoms with Crippen molar-refractivity contribution >= 4 is 21.7 Å². The predicted octanol–water partition coefficient (Wildman–Crippen LogP) is 3.19. The van der Waals surface area contributed by atoms with Gasteiger partial charge in [-0.15, -0.1) is 0 Å². The number of nitrogens with zero attached hydrogens (tertiary/aromatic N) is 2. The lowest BCUT2D eigenvalue weighted by atomic mass is 10.2. The molecule has 1 aromatic heterocycles. The molecule has 3 nitrogen and oxygen atoms in total. The first-order chi connectivity index (χ1) is 8.74. The van der Waals surface area contributed by atoms with Crippen LogP contribution in [0.3, 0.4) is 0 Å². The first-order valence-corrected chi connectivity index (χ1v) is 7.57. The van der Waals surface area contributed by atoms with Crippen LogP contribution in [0.4, 0.5) is 5.82 Å². The van der Waals surface area contributed by atoms with Crippen molar-refractivity contribution in [1.82, 2.24) is 10.3 Å². The van der Waals surface area contributed by atoms with Crippen LogP contribution in [-0.4, -0.2) is 25.1 Å². The molecule has 0 amide bonds. The zero-order valence-electron chi connectivity index (χ0n) is 11.2. The number of nitrogens with one attached hydrogen (secondary N) is 1. The zero-order chi connectivity index (χ0) is 13.0. The van der Waals surface area contributed by atoms with Crippen molar-refractivity contribution in [3.63, 3.8) is 0 Å². The molecular formula is C14H22BrN3. The summed E-state index contributed by atoms with van der Waals surface area (Å²) in [6.45, 7) is 5.37. The van der Waals surface area contributed by atoms with Gasteiger partial charge in [-0.25, -0.2) is 4.98 Å². The molecule has 1 aliphatic carbocycles. The van der Waals surface area contributed by atoms with Gasteiger partial charge in [0.1, 0.15) is 5.82 Å². The average molecular weight is 312 g/mol. The van der Waals surface area contributed by atoms with Crippen LogP contribution in [-0.2, 0) is 6.54 Å². The van der Waals surface area contributed by atoms with Crippen molar-refractivity contribution in [1.29, 1.82) is 0 Å². The largest absolute Gasteiger partial charge is 0.356 e. The first-order valence-electron chi connectivity index (χ1n) is 6.78. The van der Waals surface area contributed by atoms with Gasteiger partial charge < -0.3 is 10.2 Å². The molecule has 1 heterocycles. The van der Waals surface area contributed by atoms with E-state index in [9.17, 15) is 0 Å². The predicted molar refractivity (Wildman–Crippen MR) is 79.9 cm³/mol. The summed E-state index contributed by atoms with van der Waals surface area (Å²) < 4.78 is 1.05. The highest BCUT2D eigenvalue weighted by molar-refractivity contribution is 9.10. The van der Waals surface area contributed by atoms with Crippen LogP contribution in [0.25, 0.3) is 0 Å². The highest BCUT2D eigenvalue weighted by atomic mass is 79.9. The zero-order valence-corrected chi connectivity index (χ0v) is 12.8. The van der Waals surface area contributed by atoms with Crippen LogP contribution in [0, 0.1) is 5.92 Å². The van der Waals surface area contributed by atoms with Gasteiger partial charge in [0.15, 0.2) is 0 Å². The Hall–Kier alpha value is -0.610. The summed E-state index contributed by atoms with van der Waals surface area (Å²) in [6, 6.07) is 2.17. The fourth-order valence-electron chi connectivity index (χ4n) is 2.24. The number of halogens is 1. The summed E-state index contributed by atoms with van der Waals surface area (Å²) >= 11 is 3.51. The maximum atomic E-state index is 4.64. The average Bonchev–Trinajstić information content (AvgIpc) is 3.13. The Morgan fingerprint density at radius 2 is 2.28 bits per heavy atom. The van der Waals surface area contributed by atoms with Crippen molar-refractivity contribution in [2.75, 3.05) is 25.0 Å². The van der Waals surface area contributed by atoms with Crippen LogP contribution < -0.4 is 10.2 Å². The summed E-state index contributed by atoms with van der Waals surface area (Å²) in [7, 11) is 1.98. The Balaban J connectivity index is 2.20. The number of hydrogen-bond donors (Lipinski definition) is 1. The van der Waals surface area contributed by atoms with Gasteiger partial charge in [0.2, 0.25) is 0 Å². The number of rotatable bonds is 7. The van der Waals surface area contributed by atoms with E-state index in [1.165, 1.54) is 31.4 Å². The van der Waals surface area contributed by atoms with E-state index in [4.69, 9.17) is 0 Å². The van der Waals surface area contributed by atoms with E-state index in [1.807, 2.05) is 13.2 Å². The lowest BCUT2D eigenvalue weighted by Gasteiger charge is -2.25. The summed E-state index contributed by atoms with van der Waals surface area (Å²) in [5.74, 6) is 2.05. The highest BCUT2D eigenvalue weighted by Gasteiger charge is 2.25. The smallest absolute Gasteiger partial charge is 0.133 e. The minimum absolute atomic E-state index is 0.868. The summed E-state index contributed by atoms with van der Waals surface area (Å²) in [4.78, 5) is 7.09. The van der Waals surface area contributed by atoms with E-state index >= 15 is 0 Å². The molecular weight excluding hydrogens is 290 g/mol. The molecule has 1 fully saturated rings. The maximum absolute atomic E-state index is 4.64. The van der Waals surface area contributed by atoms with Crippen LogP contribution in [0.1, 0.15) is 31.7 Å². The highest BCUT2D eigenvalue weighted by Crippen LogP contribution is 2.32. The molecule has 2 rings (SSSR count). The van der Waals surface area contributed by atoms with Gasteiger partial charge in [0.25, 0.3) is 0 Å². The quantitative estimate of drug-likeness (QED) is 0.838. The minimum Gasteiger partial charge on any atom is -0.356 e. The molecule has 1 N–H and O–H groups in total. The molecule has 1 saturated carbocycles. The summed E-state index contributed by atoms with van der Waals surface area (Å²) in [5.41, 5.74) is 1.28. The molecule has 18 heavy (non-hydrogen) atoms. The third kappa shape index (κ3) is 3.69. The summed E-state index contributed by atoms with van der Waals surface area (Å²) in [5, 5.41) is 3.23. The van der Waals surface area contributed by atoms with Crippen molar-refractivity contribution in [2.45, 2.75) is 32.7 Å². The molecule has 0 aromatic carbocycles. The fourth-order valence-corrected chi connectivity index (χ4v) is 2.62. The molecule has 0 radical (unpaired) electrons. The molecule has 100 valence electrons. The van der Waals surface area contributed by atoms with Crippen LogP contribution in [0.2, 0.25) is 0 Å². The monoisotopic (exact) mass is 311 g/mol. The second kappa shape index (κ2) is 6.53. The molecule has 1 aliphatic rings. The first kappa shape index (κ1) is 13.8. The Morgan fingerprint density at radius 3 is 2.89 bits per heavy atom. The maximum Gasteiger partial charge on any atom is 0.133 e. The Labute approximate surface area is 118 Å². The molecule has 0 saturated heterocycles. The Kier molecular flexibility index (Phi) is 5.01. The Morgan fingerprint density at radius 1 is 1.50 bits per heavy atom. The van der Waals surface area contributed by atoms with Crippen LogP contribution >= 0.6 is 15.9 Å². The second-order valence-electron chi connectivity index (χ2n) is 5.06. The molecule has 0 unspecified atom stereocenters. The van der Waals surface area contributed by atoms with E-state index in [1.54, 1.807) is 0 Å². The third-order valence-electron chi connectivity index (χ3n) is 3.25. The van der Waals surface area contributed by atoms with Crippen molar-refractivity contribution in [3.05, 3.63) is 22.3 Å². The van der Waals surface area contributed by atoms with Gasteiger partial charge in [0, 0.05) is 35.9 Å². The molecule has 0 spiro atoms. The fraction of sp³-hybridized carbons (Fsp3) is 0.643.